The molecule has 0 aliphatic carbocycles. The number of rotatable bonds is 2. The van der Waals surface area contributed by atoms with Crippen LogP contribution in [-0.2, 0) is 0 Å². The summed E-state index contributed by atoms with van der Waals surface area (Å²) in [6.45, 7) is 4.98. The molecule has 0 radical (unpaired) electrons. The van der Waals surface area contributed by atoms with Crippen LogP contribution in [0.25, 0.3) is 22.1 Å². The van der Waals surface area contributed by atoms with Crippen LogP contribution in [0.4, 0.5) is 0 Å². The first-order valence-corrected chi connectivity index (χ1v) is 9.62. The van der Waals surface area contributed by atoms with E-state index in [9.17, 15) is 4.79 Å². The molecule has 5 rings (SSSR count). The van der Waals surface area contributed by atoms with Gasteiger partial charge in [0.1, 0.15) is 0 Å². The molecule has 0 unspecified atom stereocenters. The van der Waals surface area contributed by atoms with Gasteiger partial charge in [-0.1, -0.05) is 30.3 Å². The minimum absolute atomic E-state index is 0.168. The third-order valence-corrected chi connectivity index (χ3v) is 5.32. The summed E-state index contributed by atoms with van der Waals surface area (Å²) in [6.07, 6.45) is 6.66. The number of aromatic nitrogens is 5. The zero-order chi connectivity index (χ0) is 20.0. The van der Waals surface area contributed by atoms with Crippen molar-refractivity contribution < 1.29 is 4.79 Å². The third-order valence-electron chi connectivity index (χ3n) is 5.32. The highest BCUT2D eigenvalue weighted by Crippen LogP contribution is 2.28. The lowest BCUT2D eigenvalue weighted by Crippen LogP contribution is -2.35. The van der Waals surface area contributed by atoms with E-state index in [1.807, 2.05) is 44.4 Å². The average molecular weight is 384 g/mol. The van der Waals surface area contributed by atoms with Gasteiger partial charge in [0.2, 0.25) is 5.82 Å². The highest BCUT2D eigenvalue weighted by molar-refractivity contribution is 5.94. The van der Waals surface area contributed by atoms with E-state index in [-0.39, 0.29) is 11.7 Å². The molecule has 0 spiro atoms. The average Bonchev–Trinajstić information content (AvgIpc) is 3.17. The fourth-order valence-electron chi connectivity index (χ4n) is 3.87. The predicted molar refractivity (Wildman–Crippen MR) is 110 cm³/mol. The first-order valence-electron chi connectivity index (χ1n) is 9.62. The second-order valence-corrected chi connectivity index (χ2v) is 7.32. The maximum atomic E-state index is 12.9. The fraction of sp³-hybridized carbons (Fsp3) is 0.227. The smallest absolute Gasteiger partial charge is 0.293 e. The molecule has 7 nitrogen and oxygen atoms in total. The summed E-state index contributed by atoms with van der Waals surface area (Å²) in [5, 5.41) is 6.68. The van der Waals surface area contributed by atoms with Gasteiger partial charge < -0.3 is 4.90 Å². The molecule has 1 amide bonds. The molecule has 1 aliphatic rings. The van der Waals surface area contributed by atoms with Crippen molar-refractivity contribution in [3.05, 3.63) is 71.6 Å². The topological polar surface area (TPSA) is 76.3 Å². The van der Waals surface area contributed by atoms with Crippen molar-refractivity contribution in [2.24, 2.45) is 0 Å². The number of pyridine rings is 1. The number of carbonyl (C=O) groups excluding carboxylic acids is 1. The second kappa shape index (κ2) is 6.77. The Hall–Kier alpha value is -3.61. The van der Waals surface area contributed by atoms with Gasteiger partial charge in [-0.25, -0.2) is 9.50 Å². The number of benzene rings is 1. The number of fused-ring (bicyclic) bond motifs is 2. The van der Waals surface area contributed by atoms with E-state index in [2.05, 4.69) is 38.3 Å². The van der Waals surface area contributed by atoms with Crippen molar-refractivity contribution in [1.29, 1.82) is 0 Å². The van der Waals surface area contributed by atoms with Crippen molar-refractivity contribution in [3.8, 4) is 0 Å². The van der Waals surface area contributed by atoms with Crippen molar-refractivity contribution in [1.82, 2.24) is 29.5 Å². The van der Waals surface area contributed by atoms with Crippen LogP contribution >= 0.6 is 0 Å². The van der Waals surface area contributed by atoms with Crippen LogP contribution in [0.3, 0.4) is 0 Å². The van der Waals surface area contributed by atoms with Gasteiger partial charge in [0.25, 0.3) is 11.7 Å². The van der Waals surface area contributed by atoms with Crippen molar-refractivity contribution >= 4 is 28.0 Å². The van der Waals surface area contributed by atoms with E-state index in [0.717, 1.165) is 28.8 Å². The van der Waals surface area contributed by atoms with Crippen molar-refractivity contribution in [3.63, 3.8) is 0 Å². The Balaban J connectivity index is 1.42. The number of aryl methyl sites for hydroxylation is 2. The lowest BCUT2D eigenvalue weighted by Gasteiger charge is -2.26. The first kappa shape index (κ1) is 17.5. The lowest BCUT2D eigenvalue weighted by molar-refractivity contribution is 0.0761. The van der Waals surface area contributed by atoms with Gasteiger partial charge in [0.05, 0.1) is 0 Å². The monoisotopic (exact) mass is 384 g/mol. The minimum atomic E-state index is -0.168. The largest absolute Gasteiger partial charge is 0.332 e. The molecule has 29 heavy (non-hydrogen) atoms. The van der Waals surface area contributed by atoms with Crippen LogP contribution in [-0.4, -0.2) is 48.5 Å². The van der Waals surface area contributed by atoms with E-state index in [0.29, 0.717) is 18.9 Å². The van der Waals surface area contributed by atoms with Gasteiger partial charge in [0, 0.05) is 47.8 Å². The highest BCUT2D eigenvalue weighted by Gasteiger charge is 2.24. The van der Waals surface area contributed by atoms with E-state index >= 15 is 0 Å². The summed E-state index contributed by atoms with van der Waals surface area (Å²) >= 11 is 0. The van der Waals surface area contributed by atoms with Crippen LogP contribution in [0.15, 0.2) is 48.8 Å². The normalized spacial score (nSPS) is 14.4. The van der Waals surface area contributed by atoms with E-state index in [1.165, 1.54) is 11.0 Å². The molecule has 7 heteroatoms. The zero-order valence-corrected chi connectivity index (χ0v) is 16.3. The maximum absolute atomic E-state index is 12.9. The Morgan fingerprint density at radius 1 is 1.10 bits per heavy atom. The van der Waals surface area contributed by atoms with Gasteiger partial charge in [-0.3, -0.25) is 9.78 Å². The standard InChI is InChI=1S/C22H20N6O/c1-14-11-15(2)28-22(24-14)25-20(26-28)21(29)27-9-7-16(8-10-27)19-13-23-12-17-5-3-4-6-18(17)19/h3-7,11-13H,8-10H2,1-2H3. The SMILES string of the molecule is Cc1cc(C)n2nc(C(=O)N3CC=C(c4cncc5ccccc45)CC3)nc2n1. The Labute approximate surface area is 167 Å². The molecule has 144 valence electrons. The van der Waals surface area contributed by atoms with Gasteiger partial charge in [-0.2, -0.15) is 4.98 Å². The number of nitrogens with zero attached hydrogens (tertiary/aromatic N) is 6. The Kier molecular flexibility index (Phi) is 4.08. The molecule has 1 aromatic carbocycles. The molecule has 4 heterocycles. The highest BCUT2D eigenvalue weighted by atomic mass is 16.2. The summed E-state index contributed by atoms with van der Waals surface area (Å²) < 4.78 is 1.62. The van der Waals surface area contributed by atoms with E-state index in [1.54, 1.807) is 9.42 Å². The van der Waals surface area contributed by atoms with E-state index < -0.39 is 0 Å². The summed E-state index contributed by atoms with van der Waals surface area (Å²) in [7, 11) is 0. The summed E-state index contributed by atoms with van der Waals surface area (Å²) in [5.41, 5.74) is 4.12. The lowest BCUT2D eigenvalue weighted by atomic mass is 9.96. The molecule has 0 saturated carbocycles. The quantitative estimate of drug-likeness (QED) is 0.530. The number of amides is 1. The van der Waals surface area contributed by atoms with Crippen LogP contribution in [0, 0.1) is 13.8 Å². The van der Waals surface area contributed by atoms with Crippen LogP contribution in [0.5, 0.6) is 0 Å². The van der Waals surface area contributed by atoms with Gasteiger partial charge in [-0.05, 0) is 37.3 Å². The van der Waals surface area contributed by atoms with Crippen molar-refractivity contribution in [2.45, 2.75) is 20.3 Å². The maximum Gasteiger partial charge on any atom is 0.293 e. The van der Waals surface area contributed by atoms with Gasteiger partial charge >= 0.3 is 0 Å². The van der Waals surface area contributed by atoms with Crippen LogP contribution < -0.4 is 0 Å². The first-order chi connectivity index (χ1) is 14.1. The van der Waals surface area contributed by atoms with E-state index in [4.69, 9.17) is 0 Å². The summed E-state index contributed by atoms with van der Waals surface area (Å²) in [5.74, 6) is 0.481. The molecular formula is C22H20N6O. The Bertz CT molecular complexity index is 1280. The molecule has 3 aromatic heterocycles. The number of hydrogen-bond donors (Lipinski definition) is 0. The van der Waals surface area contributed by atoms with Crippen molar-refractivity contribution in [2.75, 3.05) is 13.1 Å². The van der Waals surface area contributed by atoms with Crippen LogP contribution in [0.1, 0.15) is 34.0 Å². The third kappa shape index (κ3) is 3.04. The van der Waals surface area contributed by atoms with Gasteiger partial charge in [0.15, 0.2) is 0 Å². The molecule has 1 aliphatic heterocycles. The summed E-state index contributed by atoms with van der Waals surface area (Å²) in [4.78, 5) is 27.8. The van der Waals surface area contributed by atoms with Gasteiger partial charge in [-0.15, -0.1) is 5.10 Å². The zero-order valence-electron chi connectivity index (χ0n) is 16.3. The molecule has 0 saturated heterocycles. The molecule has 0 fully saturated rings. The number of hydrogen-bond acceptors (Lipinski definition) is 5. The number of carbonyl (C=O) groups is 1. The molecule has 0 N–H and O–H groups in total. The predicted octanol–water partition coefficient (Wildman–Crippen LogP) is 3.22. The molecular weight excluding hydrogens is 364 g/mol. The molecule has 4 aromatic rings. The molecule has 0 atom stereocenters. The Morgan fingerprint density at radius 2 is 1.97 bits per heavy atom. The van der Waals surface area contributed by atoms with Crippen LogP contribution in [0.2, 0.25) is 0 Å². The Morgan fingerprint density at radius 3 is 2.79 bits per heavy atom. The second-order valence-electron chi connectivity index (χ2n) is 7.32. The minimum Gasteiger partial charge on any atom is -0.332 e. The summed E-state index contributed by atoms with van der Waals surface area (Å²) in [6, 6.07) is 10.2. The fourth-order valence-corrected chi connectivity index (χ4v) is 3.87. The molecule has 0 bridgehead atoms.